The van der Waals surface area contributed by atoms with E-state index in [4.69, 9.17) is 0 Å². The van der Waals surface area contributed by atoms with Crippen LogP contribution in [0, 0.1) is 6.92 Å². The summed E-state index contributed by atoms with van der Waals surface area (Å²) >= 11 is 0. The number of hydrogen-bond donors (Lipinski definition) is 1. The van der Waals surface area contributed by atoms with Crippen LogP contribution in [0.15, 0.2) is 35.6 Å². The van der Waals surface area contributed by atoms with E-state index in [9.17, 15) is 18.0 Å². The topological polar surface area (TPSA) is 85.8 Å². The number of aromatic amines is 1. The lowest BCUT2D eigenvalue weighted by Gasteiger charge is -2.05. The zero-order valence-corrected chi connectivity index (χ0v) is 18.3. The quantitative estimate of drug-likeness (QED) is 0.481. The summed E-state index contributed by atoms with van der Waals surface area (Å²) < 4.78 is 41.5. The molecule has 8 nitrogen and oxygen atoms in total. The van der Waals surface area contributed by atoms with Gasteiger partial charge in [-0.05, 0) is 18.6 Å². The highest BCUT2D eigenvalue weighted by molar-refractivity contribution is 5.73. The third-order valence-corrected chi connectivity index (χ3v) is 4.19. The van der Waals surface area contributed by atoms with E-state index in [-0.39, 0.29) is 18.8 Å². The molecule has 1 N–H and O–H groups in total. The molecule has 4 heterocycles. The van der Waals surface area contributed by atoms with E-state index in [1.807, 2.05) is 27.7 Å². The van der Waals surface area contributed by atoms with Gasteiger partial charge in [-0.15, -0.1) is 5.10 Å². The minimum absolute atomic E-state index is 0. The summed E-state index contributed by atoms with van der Waals surface area (Å²) in [5.74, 6) is 0.764. The number of imidazole rings is 1. The Kier molecular flexibility index (Phi) is 8.98. The molecular formula is C21H30F3N7O. The predicted molar refractivity (Wildman–Crippen MR) is 119 cm³/mol. The first-order valence-corrected chi connectivity index (χ1v) is 9.93. The van der Waals surface area contributed by atoms with Gasteiger partial charge < -0.3 is 9.55 Å². The molecule has 0 saturated heterocycles. The second-order valence-electron chi connectivity index (χ2n) is 6.14. The van der Waals surface area contributed by atoms with Crippen LogP contribution in [0.3, 0.4) is 0 Å². The van der Waals surface area contributed by atoms with E-state index in [1.54, 1.807) is 37.1 Å². The highest BCUT2D eigenvalue weighted by Crippen LogP contribution is 2.26. The maximum absolute atomic E-state index is 12.5. The molecule has 4 aromatic heterocycles. The summed E-state index contributed by atoms with van der Waals surface area (Å²) in [5.41, 5.74) is 1.37. The molecule has 0 fully saturated rings. The Hall–Kier alpha value is -3.37. The summed E-state index contributed by atoms with van der Waals surface area (Å²) in [4.78, 5) is 19.4. The number of rotatable bonds is 3. The van der Waals surface area contributed by atoms with Crippen LogP contribution in [0.25, 0.3) is 28.4 Å². The summed E-state index contributed by atoms with van der Waals surface area (Å²) in [6.45, 7) is 8.52. The summed E-state index contributed by atoms with van der Waals surface area (Å²) in [6.07, 6.45) is 1.77. The molecule has 0 spiro atoms. The monoisotopic (exact) mass is 453 g/mol. The second-order valence-corrected chi connectivity index (χ2v) is 6.14. The number of hydrogen-bond acceptors (Lipinski definition) is 4. The molecule has 176 valence electrons. The fourth-order valence-electron chi connectivity index (χ4n) is 2.97. The van der Waals surface area contributed by atoms with E-state index in [2.05, 4.69) is 20.2 Å². The van der Waals surface area contributed by atoms with Crippen LogP contribution >= 0.6 is 0 Å². The molecule has 0 unspecified atom stereocenters. The number of aryl methyl sites for hydroxylation is 2. The largest absolute Gasteiger partial charge is 0.408 e. The van der Waals surface area contributed by atoms with Gasteiger partial charge in [0.25, 0.3) is 5.56 Å². The first kappa shape index (κ1) is 26.7. The van der Waals surface area contributed by atoms with Crippen molar-refractivity contribution in [2.75, 3.05) is 0 Å². The number of H-pyrrole nitrogens is 1. The van der Waals surface area contributed by atoms with E-state index < -0.39 is 12.7 Å². The van der Waals surface area contributed by atoms with Crippen molar-refractivity contribution in [1.82, 2.24) is 33.9 Å². The van der Waals surface area contributed by atoms with E-state index >= 15 is 0 Å². The SMILES string of the molecule is C.CC.CC.Cc1c(-c2ccn(CC(F)(F)F)n2)cn2nc(-c3nccn3C)[nH]c(=O)c12. The number of nitrogens with one attached hydrogen (secondary N) is 1. The van der Waals surface area contributed by atoms with Gasteiger partial charge in [0.2, 0.25) is 0 Å². The van der Waals surface area contributed by atoms with Crippen LogP contribution < -0.4 is 5.56 Å². The Morgan fingerprint density at radius 2 is 1.75 bits per heavy atom. The Balaban J connectivity index is 0.000000971. The van der Waals surface area contributed by atoms with Gasteiger partial charge in [0.05, 0.1) is 5.69 Å². The zero-order chi connectivity index (χ0) is 23.3. The molecule has 0 aliphatic rings. The molecule has 0 bridgehead atoms. The van der Waals surface area contributed by atoms with Crippen molar-refractivity contribution in [2.24, 2.45) is 7.05 Å². The van der Waals surface area contributed by atoms with Crippen molar-refractivity contribution in [2.45, 2.75) is 54.8 Å². The van der Waals surface area contributed by atoms with E-state index in [0.717, 1.165) is 4.68 Å². The highest BCUT2D eigenvalue weighted by Gasteiger charge is 2.28. The van der Waals surface area contributed by atoms with Gasteiger partial charge in [0, 0.05) is 37.4 Å². The normalized spacial score (nSPS) is 10.7. The molecule has 0 amide bonds. The van der Waals surface area contributed by atoms with E-state index in [1.165, 1.54) is 16.8 Å². The van der Waals surface area contributed by atoms with Crippen LogP contribution in [-0.4, -0.2) is 40.1 Å². The maximum Gasteiger partial charge on any atom is 0.408 e. The van der Waals surface area contributed by atoms with Crippen molar-refractivity contribution in [3.05, 3.63) is 46.8 Å². The van der Waals surface area contributed by atoms with Gasteiger partial charge in [-0.25, -0.2) is 9.50 Å². The molecule has 0 aromatic carbocycles. The third kappa shape index (κ3) is 5.45. The molecule has 0 atom stereocenters. The molecule has 32 heavy (non-hydrogen) atoms. The van der Waals surface area contributed by atoms with Crippen molar-refractivity contribution in [1.29, 1.82) is 0 Å². The lowest BCUT2D eigenvalue weighted by molar-refractivity contribution is -0.142. The predicted octanol–water partition coefficient (Wildman–Crippen LogP) is 4.85. The Morgan fingerprint density at radius 3 is 2.31 bits per heavy atom. The number of halogens is 3. The Bertz CT molecular complexity index is 1200. The standard InChI is InChI=1S/C16H14F3N7O.2C2H6.CH4/c1-9-10(11-3-5-25(22-11)8-16(17,18)19)7-26-12(9)15(27)21-13(23-26)14-20-4-6-24(14)2;2*1-2;/h3-7H,8H2,1-2H3,(H,21,23,27);2*1-2H3;1H4. The first-order chi connectivity index (χ1) is 14.7. The van der Waals surface area contributed by atoms with Crippen LogP contribution in [0.4, 0.5) is 13.2 Å². The average Bonchev–Trinajstić information content (AvgIpc) is 3.43. The molecule has 11 heteroatoms. The lowest BCUT2D eigenvalue weighted by Crippen LogP contribution is -2.17. The van der Waals surface area contributed by atoms with E-state index in [0.29, 0.717) is 28.2 Å². The number of nitrogens with zero attached hydrogens (tertiary/aromatic N) is 6. The van der Waals surface area contributed by atoms with Crippen molar-refractivity contribution in [3.63, 3.8) is 0 Å². The minimum atomic E-state index is -4.36. The molecular weight excluding hydrogens is 423 g/mol. The summed E-state index contributed by atoms with van der Waals surface area (Å²) in [6, 6.07) is 1.47. The zero-order valence-electron chi connectivity index (χ0n) is 18.3. The minimum Gasteiger partial charge on any atom is -0.331 e. The highest BCUT2D eigenvalue weighted by atomic mass is 19.4. The fourth-order valence-corrected chi connectivity index (χ4v) is 2.97. The van der Waals surface area contributed by atoms with Crippen molar-refractivity contribution in [3.8, 4) is 22.9 Å². The molecule has 4 aromatic rings. The van der Waals surface area contributed by atoms with Crippen LogP contribution in [-0.2, 0) is 13.6 Å². The van der Waals surface area contributed by atoms with Gasteiger partial charge in [0.1, 0.15) is 12.1 Å². The number of fused-ring (bicyclic) bond motifs is 1. The summed E-state index contributed by atoms with van der Waals surface area (Å²) in [7, 11) is 1.77. The first-order valence-electron chi connectivity index (χ1n) is 9.93. The van der Waals surface area contributed by atoms with Crippen LogP contribution in [0.5, 0.6) is 0 Å². The Labute approximate surface area is 184 Å². The molecule has 0 radical (unpaired) electrons. The Morgan fingerprint density at radius 1 is 1.09 bits per heavy atom. The van der Waals surface area contributed by atoms with Gasteiger partial charge in [0.15, 0.2) is 11.6 Å². The van der Waals surface area contributed by atoms with Crippen LogP contribution in [0.1, 0.15) is 40.7 Å². The number of aromatic nitrogens is 7. The summed E-state index contributed by atoms with van der Waals surface area (Å²) in [5, 5.41) is 8.34. The van der Waals surface area contributed by atoms with Crippen molar-refractivity contribution < 1.29 is 13.2 Å². The van der Waals surface area contributed by atoms with Crippen LogP contribution in [0.2, 0.25) is 0 Å². The molecule has 0 aliphatic carbocycles. The van der Waals surface area contributed by atoms with Crippen molar-refractivity contribution >= 4 is 5.52 Å². The smallest absolute Gasteiger partial charge is 0.331 e. The van der Waals surface area contributed by atoms with Gasteiger partial charge in [-0.1, -0.05) is 35.1 Å². The third-order valence-electron chi connectivity index (χ3n) is 4.19. The van der Waals surface area contributed by atoms with Gasteiger partial charge >= 0.3 is 6.18 Å². The lowest BCUT2D eigenvalue weighted by atomic mass is 10.1. The molecule has 0 saturated carbocycles. The van der Waals surface area contributed by atoms with Gasteiger partial charge in [-0.2, -0.15) is 18.3 Å². The second kappa shape index (κ2) is 10.8. The van der Waals surface area contributed by atoms with Gasteiger partial charge in [-0.3, -0.25) is 9.48 Å². The maximum atomic E-state index is 12.5. The molecule has 4 rings (SSSR count). The fraction of sp³-hybridized carbons (Fsp3) is 0.429. The number of alkyl halides is 3. The average molecular weight is 454 g/mol. The molecule has 0 aliphatic heterocycles.